The highest BCUT2D eigenvalue weighted by Gasteiger charge is 2.10. The molecule has 1 amide bonds. The normalized spacial score (nSPS) is 10.4. The molecular formula is C16H17BrN2O2. The van der Waals surface area contributed by atoms with Gasteiger partial charge in [-0.05, 0) is 48.7 Å². The third-order valence-electron chi connectivity index (χ3n) is 3.07. The number of benzene rings is 2. The molecule has 4 nitrogen and oxygen atoms in total. The summed E-state index contributed by atoms with van der Waals surface area (Å²) in [5.41, 5.74) is 8.52. The second-order valence-corrected chi connectivity index (χ2v) is 5.63. The molecule has 0 aliphatic rings. The van der Waals surface area contributed by atoms with Crippen LogP contribution in [0.15, 0.2) is 46.9 Å². The number of aryl methyl sites for hydroxylation is 1. The Morgan fingerprint density at radius 1 is 1.24 bits per heavy atom. The second-order valence-electron chi connectivity index (χ2n) is 4.71. The van der Waals surface area contributed by atoms with E-state index < -0.39 is 0 Å². The number of rotatable bonds is 5. The first-order valence-electron chi connectivity index (χ1n) is 6.66. The van der Waals surface area contributed by atoms with Gasteiger partial charge in [0.1, 0.15) is 0 Å². The van der Waals surface area contributed by atoms with Crippen molar-refractivity contribution in [1.29, 1.82) is 0 Å². The fourth-order valence-electron chi connectivity index (χ4n) is 2.03. The lowest BCUT2D eigenvalue weighted by molar-refractivity contribution is 0.102. The first kappa shape index (κ1) is 15.5. The predicted molar refractivity (Wildman–Crippen MR) is 88.4 cm³/mol. The molecule has 0 unspecified atom stereocenters. The lowest BCUT2D eigenvalue weighted by atomic mass is 10.1. The van der Waals surface area contributed by atoms with Crippen LogP contribution in [0.1, 0.15) is 22.3 Å². The molecule has 5 heteroatoms. The van der Waals surface area contributed by atoms with E-state index in [0.717, 1.165) is 22.1 Å². The van der Waals surface area contributed by atoms with Gasteiger partial charge in [0.15, 0.2) is 0 Å². The zero-order chi connectivity index (χ0) is 15.2. The average molecular weight is 349 g/mol. The molecule has 0 aliphatic heterocycles. The van der Waals surface area contributed by atoms with E-state index in [1.165, 1.54) is 0 Å². The van der Waals surface area contributed by atoms with E-state index in [0.29, 0.717) is 17.7 Å². The summed E-state index contributed by atoms with van der Waals surface area (Å²) in [6, 6.07) is 12.8. The molecule has 2 rings (SSSR count). The topological polar surface area (TPSA) is 75.4 Å². The summed E-state index contributed by atoms with van der Waals surface area (Å²) in [7, 11) is 0. The van der Waals surface area contributed by atoms with Gasteiger partial charge in [0.2, 0.25) is 0 Å². The van der Waals surface area contributed by atoms with Gasteiger partial charge in [0, 0.05) is 22.5 Å². The number of amides is 1. The molecule has 0 heterocycles. The van der Waals surface area contributed by atoms with Crippen LogP contribution in [0.3, 0.4) is 0 Å². The Bertz CT molecular complexity index is 644. The molecule has 0 atom stereocenters. The predicted octanol–water partition coefficient (Wildman–Crippen LogP) is 3.21. The van der Waals surface area contributed by atoms with Gasteiger partial charge in [0.25, 0.3) is 5.91 Å². The molecule has 4 N–H and O–H groups in total. The first-order valence-corrected chi connectivity index (χ1v) is 7.45. The van der Waals surface area contributed by atoms with Crippen LogP contribution in [0.4, 0.5) is 11.4 Å². The van der Waals surface area contributed by atoms with Crippen LogP contribution in [-0.2, 0) is 6.42 Å². The van der Waals surface area contributed by atoms with E-state index >= 15 is 0 Å². The smallest absolute Gasteiger partial charge is 0.257 e. The summed E-state index contributed by atoms with van der Waals surface area (Å²) >= 11 is 3.31. The summed E-state index contributed by atoms with van der Waals surface area (Å²) in [6.07, 6.45) is 1.48. The number of halogens is 1. The fourth-order valence-corrected chi connectivity index (χ4v) is 2.41. The standard InChI is InChI=1S/C16H17BrN2O2/c17-12-6-7-14(15(18)10-12)16(21)19-13-5-1-3-11(9-13)4-2-8-20/h1,3,5-7,9-10,20H,2,4,8,18H2,(H,19,21). The van der Waals surface area contributed by atoms with Gasteiger partial charge in [-0.2, -0.15) is 0 Å². The number of anilines is 2. The van der Waals surface area contributed by atoms with Gasteiger partial charge in [-0.1, -0.05) is 28.1 Å². The van der Waals surface area contributed by atoms with Gasteiger partial charge >= 0.3 is 0 Å². The molecule has 0 radical (unpaired) electrons. The fraction of sp³-hybridized carbons (Fsp3) is 0.188. The van der Waals surface area contributed by atoms with Crippen molar-refractivity contribution in [2.24, 2.45) is 0 Å². The van der Waals surface area contributed by atoms with Gasteiger partial charge in [0.05, 0.1) is 5.56 Å². The summed E-state index contributed by atoms with van der Waals surface area (Å²) in [4.78, 5) is 12.2. The van der Waals surface area contributed by atoms with Crippen molar-refractivity contribution in [3.05, 3.63) is 58.1 Å². The van der Waals surface area contributed by atoms with Crippen molar-refractivity contribution >= 4 is 33.2 Å². The van der Waals surface area contributed by atoms with Crippen molar-refractivity contribution in [2.75, 3.05) is 17.7 Å². The molecule has 0 bridgehead atoms. The van der Waals surface area contributed by atoms with Crippen LogP contribution in [0.2, 0.25) is 0 Å². The number of nitrogens with two attached hydrogens (primary N) is 1. The van der Waals surface area contributed by atoms with Crippen molar-refractivity contribution in [3.8, 4) is 0 Å². The number of aliphatic hydroxyl groups excluding tert-OH is 1. The highest BCUT2D eigenvalue weighted by atomic mass is 79.9. The van der Waals surface area contributed by atoms with Crippen molar-refractivity contribution in [3.63, 3.8) is 0 Å². The Kier molecular flexibility index (Phi) is 5.36. The molecule has 0 spiro atoms. The maximum Gasteiger partial charge on any atom is 0.257 e. The number of carbonyl (C=O) groups is 1. The third-order valence-corrected chi connectivity index (χ3v) is 3.56. The Hall–Kier alpha value is -1.85. The maximum absolute atomic E-state index is 12.2. The molecule has 21 heavy (non-hydrogen) atoms. The van der Waals surface area contributed by atoms with Crippen LogP contribution >= 0.6 is 15.9 Å². The molecule has 110 valence electrons. The molecule has 2 aromatic carbocycles. The molecule has 0 aromatic heterocycles. The quantitative estimate of drug-likeness (QED) is 0.726. The molecular weight excluding hydrogens is 332 g/mol. The van der Waals surface area contributed by atoms with E-state index in [1.807, 2.05) is 24.3 Å². The minimum atomic E-state index is -0.237. The largest absolute Gasteiger partial charge is 0.398 e. The molecule has 0 saturated carbocycles. The molecule has 0 aliphatic carbocycles. The Morgan fingerprint density at radius 2 is 2.05 bits per heavy atom. The first-order chi connectivity index (χ1) is 10.1. The van der Waals surface area contributed by atoms with Crippen LogP contribution in [-0.4, -0.2) is 17.6 Å². The summed E-state index contributed by atoms with van der Waals surface area (Å²) in [5, 5.41) is 11.7. The lowest BCUT2D eigenvalue weighted by Crippen LogP contribution is -2.14. The minimum absolute atomic E-state index is 0.159. The second kappa shape index (κ2) is 7.24. The Labute approximate surface area is 132 Å². The molecule has 0 saturated heterocycles. The Balaban J connectivity index is 2.12. The van der Waals surface area contributed by atoms with Crippen molar-refractivity contribution in [1.82, 2.24) is 0 Å². The zero-order valence-electron chi connectivity index (χ0n) is 11.5. The van der Waals surface area contributed by atoms with E-state index in [1.54, 1.807) is 18.2 Å². The molecule has 2 aromatic rings. The number of hydrogen-bond donors (Lipinski definition) is 3. The van der Waals surface area contributed by atoms with Crippen LogP contribution in [0.25, 0.3) is 0 Å². The van der Waals surface area contributed by atoms with E-state index in [2.05, 4.69) is 21.2 Å². The Morgan fingerprint density at radius 3 is 2.76 bits per heavy atom. The van der Waals surface area contributed by atoms with Gasteiger partial charge in [-0.25, -0.2) is 0 Å². The van der Waals surface area contributed by atoms with Crippen molar-refractivity contribution in [2.45, 2.75) is 12.8 Å². The summed E-state index contributed by atoms with van der Waals surface area (Å²) in [6.45, 7) is 0.159. The number of nitrogens with one attached hydrogen (secondary N) is 1. The zero-order valence-corrected chi connectivity index (χ0v) is 13.1. The highest BCUT2D eigenvalue weighted by molar-refractivity contribution is 9.10. The molecule has 0 fully saturated rings. The maximum atomic E-state index is 12.2. The average Bonchev–Trinajstić information content (AvgIpc) is 2.45. The van der Waals surface area contributed by atoms with Gasteiger partial charge < -0.3 is 16.2 Å². The van der Waals surface area contributed by atoms with Gasteiger partial charge in [-0.15, -0.1) is 0 Å². The number of nitrogen functional groups attached to an aromatic ring is 1. The van der Waals surface area contributed by atoms with Crippen LogP contribution in [0, 0.1) is 0 Å². The number of carbonyl (C=O) groups excluding carboxylic acids is 1. The minimum Gasteiger partial charge on any atom is -0.398 e. The number of aliphatic hydroxyl groups is 1. The highest BCUT2D eigenvalue weighted by Crippen LogP contribution is 2.20. The third kappa shape index (κ3) is 4.31. The van der Waals surface area contributed by atoms with E-state index in [9.17, 15) is 4.79 Å². The van der Waals surface area contributed by atoms with E-state index in [-0.39, 0.29) is 12.5 Å². The van der Waals surface area contributed by atoms with Gasteiger partial charge in [-0.3, -0.25) is 4.79 Å². The number of hydrogen-bond acceptors (Lipinski definition) is 3. The summed E-state index contributed by atoms with van der Waals surface area (Å²) in [5.74, 6) is -0.237. The lowest BCUT2D eigenvalue weighted by Gasteiger charge is -2.09. The van der Waals surface area contributed by atoms with E-state index in [4.69, 9.17) is 10.8 Å². The van der Waals surface area contributed by atoms with Crippen molar-refractivity contribution < 1.29 is 9.90 Å². The summed E-state index contributed by atoms with van der Waals surface area (Å²) < 4.78 is 0.836. The van der Waals surface area contributed by atoms with Crippen LogP contribution < -0.4 is 11.1 Å². The van der Waals surface area contributed by atoms with Crippen LogP contribution in [0.5, 0.6) is 0 Å². The SMILES string of the molecule is Nc1cc(Br)ccc1C(=O)Nc1cccc(CCCO)c1. The monoisotopic (exact) mass is 348 g/mol.